The number of hydrogen-bond acceptors (Lipinski definition) is 12. The molecule has 35 heavy (non-hydrogen) atoms. The Balaban J connectivity index is 1.52. The lowest BCUT2D eigenvalue weighted by Crippen LogP contribution is -2.70. The number of nitro groups is 2. The maximum Gasteiger partial charge on any atom is 0.352 e. The quantitative estimate of drug-likeness (QED) is 0.205. The molecule has 1 fully saturated rings. The van der Waals surface area contributed by atoms with Crippen LogP contribution in [0, 0.1) is 20.2 Å². The van der Waals surface area contributed by atoms with Gasteiger partial charge in [0.05, 0.1) is 21.5 Å². The summed E-state index contributed by atoms with van der Waals surface area (Å²) >= 11 is 2.43. The number of nitrogens with one attached hydrogen (secondary N) is 1. The van der Waals surface area contributed by atoms with Crippen molar-refractivity contribution in [3.8, 4) is 0 Å². The number of β-lactam (4-membered cyclic amide) rings is 1. The highest BCUT2D eigenvalue weighted by Gasteiger charge is 2.54. The maximum atomic E-state index is 12.8. The number of non-ortho nitro benzene ring substituents is 2. The second-order valence-electron chi connectivity index (χ2n) is 7.24. The van der Waals surface area contributed by atoms with Crippen LogP contribution in [0.1, 0.15) is 10.4 Å². The Bertz CT molecular complexity index is 1280. The van der Waals surface area contributed by atoms with Gasteiger partial charge in [-0.2, -0.15) is 0 Å². The molecule has 3 heterocycles. The molecule has 16 nitrogen and oxygen atoms in total. The molecule has 2 aromatic rings. The second kappa shape index (κ2) is 9.29. The van der Waals surface area contributed by atoms with Gasteiger partial charge in [0.25, 0.3) is 23.2 Å². The molecule has 182 valence electrons. The van der Waals surface area contributed by atoms with Crippen molar-refractivity contribution in [2.45, 2.75) is 16.6 Å². The summed E-state index contributed by atoms with van der Waals surface area (Å²) in [5.74, 6) is -2.46. The van der Waals surface area contributed by atoms with Gasteiger partial charge in [-0.05, 0) is 16.0 Å². The zero-order valence-electron chi connectivity index (χ0n) is 17.6. The van der Waals surface area contributed by atoms with E-state index in [4.69, 9.17) is 0 Å². The van der Waals surface area contributed by atoms with E-state index in [0.717, 1.165) is 17.0 Å². The summed E-state index contributed by atoms with van der Waals surface area (Å²) in [7, 11) is 1.63. The van der Waals surface area contributed by atoms with Crippen molar-refractivity contribution >= 4 is 52.7 Å². The van der Waals surface area contributed by atoms with Crippen molar-refractivity contribution in [3.63, 3.8) is 0 Å². The summed E-state index contributed by atoms with van der Waals surface area (Å²) in [5, 5.41) is 45.0. The van der Waals surface area contributed by atoms with Crippen LogP contribution in [-0.2, 0) is 16.6 Å². The number of fused-ring (bicyclic) bond motifs is 1. The average Bonchev–Trinajstić information content (AvgIpc) is 3.24. The van der Waals surface area contributed by atoms with Crippen LogP contribution < -0.4 is 5.32 Å². The van der Waals surface area contributed by atoms with Gasteiger partial charge in [-0.25, -0.2) is 9.48 Å². The number of aromatic nitrogens is 4. The van der Waals surface area contributed by atoms with Crippen LogP contribution in [0.2, 0.25) is 0 Å². The smallest absolute Gasteiger partial charge is 0.352 e. The summed E-state index contributed by atoms with van der Waals surface area (Å²) in [6.07, 6.45) is 0. The van der Waals surface area contributed by atoms with Crippen LogP contribution in [0.4, 0.5) is 11.4 Å². The van der Waals surface area contributed by atoms with Gasteiger partial charge in [0.15, 0.2) is 0 Å². The molecule has 0 saturated carbocycles. The van der Waals surface area contributed by atoms with Gasteiger partial charge in [0.2, 0.25) is 5.16 Å². The number of tetrazole rings is 1. The predicted molar refractivity (Wildman–Crippen MR) is 118 cm³/mol. The van der Waals surface area contributed by atoms with E-state index in [1.165, 1.54) is 28.2 Å². The number of carbonyl (C=O) groups excluding carboxylic acids is 2. The fourth-order valence-corrected chi connectivity index (χ4v) is 5.79. The molecule has 0 spiro atoms. The summed E-state index contributed by atoms with van der Waals surface area (Å²) in [5.41, 5.74) is -1.41. The van der Waals surface area contributed by atoms with E-state index in [1.807, 2.05) is 0 Å². The first-order valence-electron chi connectivity index (χ1n) is 9.58. The number of nitrogens with zero attached hydrogens (tertiary/aromatic N) is 7. The van der Waals surface area contributed by atoms with E-state index < -0.39 is 50.4 Å². The third-order valence-corrected chi connectivity index (χ3v) is 7.52. The predicted octanol–water partition coefficient (Wildman–Crippen LogP) is 0.171. The maximum absolute atomic E-state index is 12.8. The minimum absolute atomic E-state index is 0.196. The SMILES string of the molecule is Cn1nnnc1SCC1=C(C(=O)O)N2C(=O)[C@@H](NC(=O)c3cc([N+](=O)[O-])cc([N+](=O)[O-])c3)[C@@H]2SC1. The first-order valence-corrected chi connectivity index (χ1v) is 11.6. The topological polar surface area (TPSA) is 217 Å². The zero-order chi connectivity index (χ0) is 25.4. The molecule has 18 heteroatoms. The molecule has 1 aromatic carbocycles. The molecule has 0 bridgehead atoms. The lowest BCUT2D eigenvalue weighted by atomic mass is 10.0. The van der Waals surface area contributed by atoms with Gasteiger partial charge in [-0.1, -0.05) is 11.8 Å². The van der Waals surface area contributed by atoms with E-state index in [-0.39, 0.29) is 22.8 Å². The van der Waals surface area contributed by atoms with Crippen molar-refractivity contribution in [2.75, 3.05) is 11.5 Å². The fourth-order valence-electron chi connectivity index (χ4n) is 3.45. The van der Waals surface area contributed by atoms with Gasteiger partial charge in [-0.3, -0.25) is 34.7 Å². The molecular formula is C17H14N8O8S2. The second-order valence-corrected chi connectivity index (χ2v) is 9.29. The van der Waals surface area contributed by atoms with Gasteiger partial charge >= 0.3 is 5.97 Å². The minimum atomic E-state index is -1.31. The molecule has 2 atom stereocenters. The molecule has 2 aliphatic heterocycles. The van der Waals surface area contributed by atoms with E-state index in [1.54, 1.807) is 7.05 Å². The Labute approximate surface area is 203 Å². The third kappa shape index (κ3) is 4.52. The summed E-state index contributed by atoms with van der Waals surface area (Å²) in [4.78, 5) is 58.9. The zero-order valence-corrected chi connectivity index (χ0v) is 19.2. The number of carboxylic acid groups (broad SMARTS) is 1. The van der Waals surface area contributed by atoms with Crippen LogP contribution in [0.15, 0.2) is 34.6 Å². The van der Waals surface area contributed by atoms with E-state index >= 15 is 0 Å². The Morgan fingerprint density at radius 1 is 1.26 bits per heavy atom. The van der Waals surface area contributed by atoms with Gasteiger partial charge in [-0.15, -0.1) is 16.9 Å². The first-order chi connectivity index (χ1) is 16.6. The number of nitro benzene ring substituents is 2. The number of aliphatic carboxylic acids is 1. The van der Waals surface area contributed by atoms with Gasteiger partial charge in [0.1, 0.15) is 17.1 Å². The molecule has 0 unspecified atom stereocenters. The average molecular weight is 522 g/mol. The van der Waals surface area contributed by atoms with E-state index in [9.17, 15) is 39.7 Å². The molecule has 0 aliphatic carbocycles. The lowest BCUT2D eigenvalue weighted by Gasteiger charge is -2.49. The van der Waals surface area contributed by atoms with Crippen molar-refractivity contribution < 1.29 is 29.3 Å². The van der Waals surface area contributed by atoms with Crippen LogP contribution >= 0.6 is 23.5 Å². The molecule has 1 saturated heterocycles. The number of carbonyl (C=O) groups is 3. The minimum Gasteiger partial charge on any atom is -0.477 e. The molecular weight excluding hydrogens is 508 g/mol. The monoisotopic (exact) mass is 522 g/mol. The summed E-state index contributed by atoms with van der Waals surface area (Å²) < 4.78 is 1.42. The number of hydrogen-bond donors (Lipinski definition) is 2. The largest absolute Gasteiger partial charge is 0.477 e. The van der Waals surface area contributed by atoms with Gasteiger partial charge in [0, 0.05) is 30.7 Å². The number of carboxylic acids is 1. The molecule has 1 aromatic heterocycles. The summed E-state index contributed by atoms with van der Waals surface area (Å²) in [6.45, 7) is 0. The molecule has 2 amide bonds. The standard InChI is InChI=1S/C17H14N8O8S2/c1-22-17(19-20-21-22)35-6-8-5-34-15-11(14(27)23(15)12(8)16(28)29)18-13(26)7-2-9(24(30)31)4-10(3-7)25(32)33/h2-4,11,15H,5-6H2,1H3,(H,18,26)(H,28,29)/t11-,15+/m1/s1. The van der Waals surface area contributed by atoms with Crippen LogP contribution in [0.3, 0.4) is 0 Å². The number of aryl methyl sites for hydroxylation is 1. The highest BCUT2D eigenvalue weighted by atomic mass is 32.2. The van der Waals surface area contributed by atoms with Crippen molar-refractivity contribution in [1.29, 1.82) is 0 Å². The molecule has 2 N–H and O–H groups in total. The number of amides is 2. The van der Waals surface area contributed by atoms with Crippen LogP contribution in [0.25, 0.3) is 0 Å². The highest BCUT2D eigenvalue weighted by molar-refractivity contribution is 8.01. The number of thioether (sulfide) groups is 2. The van der Waals surface area contributed by atoms with Crippen LogP contribution in [0.5, 0.6) is 0 Å². The Morgan fingerprint density at radius 3 is 2.46 bits per heavy atom. The summed E-state index contributed by atoms with van der Waals surface area (Å²) in [6, 6.07) is 1.31. The molecule has 2 aliphatic rings. The fraction of sp³-hybridized carbons (Fsp3) is 0.294. The number of benzene rings is 1. The van der Waals surface area contributed by atoms with Crippen molar-refractivity contribution in [2.24, 2.45) is 7.05 Å². The van der Waals surface area contributed by atoms with E-state index in [2.05, 4.69) is 20.8 Å². The lowest BCUT2D eigenvalue weighted by molar-refractivity contribution is -0.394. The normalized spacial score (nSPS) is 19.1. The van der Waals surface area contributed by atoms with Crippen molar-refractivity contribution in [1.82, 2.24) is 30.4 Å². The molecule has 0 radical (unpaired) electrons. The van der Waals surface area contributed by atoms with Gasteiger partial charge < -0.3 is 10.4 Å². The number of rotatable bonds is 8. The van der Waals surface area contributed by atoms with E-state index in [0.29, 0.717) is 16.8 Å². The first kappa shape index (κ1) is 24.1. The Morgan fingerprint density at radius 2 is 1.91 bits per heavy atom. The highest BCUT2D eigenvalue weighted by Crippen LogP contribution is 2.41. The van der Waals surface area contributed by atoms with Crippen LogP contribution in [-0.4, -0.2) is 80.8 Å². The molecule has 4 rings (SSSR count). The Hall–Kier alpha value is -4.06. The third-order valence-electron chi connectivity index (χ3n) is 5.08. The Kier molecular flexibility index (Phi) is 6.39. The van der Waals surface area contributed by atoms with Crippen molar-refractivity contribution in [3.05, 3.63) is 55.3 Å².